The van der Waals surface area contributed by atoms with Crippen LogP contribution >= 0.6 is 0 Å². The number of nitrogens with zero attached hydrogens (tertiary/aromatic N) is 2. The minimum atomic E-state index is 0.640. The van der Waals surface area contributed by atoms with Crippen molar-refractivity contribution in [3.63, 3.8) is 0 Å². The van der Waals surface area contributed by atoms with E-state index >= 15 is 0 Å². The molecule has 0 atom stereocenters. The molecule has 0 aliphatic heterocycles. The van der Waals surface area contributed by atoms with E-state index in [4.69, 9.17) is 9.47 Å². The Bertz CT molecular complexity index is 614. The summed E-state index contributed by atoms with van der Waals surface area (Å²) in [7, 11) is 5.13. The minimum absolute atomic E-state index is 0.640. The Morgan fingerprint density at radius 2 is 1.90 bits per heavy atom. The van der Waals surface area contributed by atoms with E-state index in [0.29, 0.717) is 5.82 Å². The molecule has 0 amide bonds. The molecule has 2 aromatic rings. The third kappa shape index (κ3) is 3.42. The third-order valence-corrected chi connectivity index (χ3v) is 3.19. The second kappa shape index (κ2) is 6.92. The molecule has 0 bridgehead atoms. The van der Waals surface area contributed by atoms with E-state index in [1.165, 1.54) is 0 Å². The van der Waals surface area contributed by atoms with Crippen LogP contribution in [0.25, 0.3) is 11.4 Å². The Labute approximate surface area is 125 Å². The molecule has 1 N–H and O–H groups in total. The molecule has 0 spiro atoms. The van der Waals surface area contributed by atoms with Gasteiger partial charge in [-0.25, -0.2) is 9.97 Å². The van der Waals surface area contributed by atoms with E-state index in [1.54, 1.807) is 14.2 Å². The van der Waals surface area contributed by atoms with Gasteiger partial charge < -0.3 is 14.8 Å². The lowest BCUT2D eigenvalue weighted by Gasteiger charge is -2.12. The molecule has 21 heavy (non-hydrogen) atoms. The number of rotatable bonds is 6. The average Bonchev–Trinajstić information content (AvgIpc) is 2.54. The van der Waals surface area contributed by atoms with Crippen LogP contribution in [0.15, 0.2) is 24.3 Å². The van der Waals surface area contributed by atoms with Crippen LogP contribution < -0.4 is 14.8 Å². The van der Waals surface area contributed by atoms with Crippen LogP contribution in [-0.2, 0) is 6.42 Å². The van der Waals surface area contributed by atoms with Crippen LogP contribution in [0.5, 0.6) is 11.5 Å². The predicted octanol–water partition coefficient (Wildman–Crippen LogP) is 3.16. The van der Waals surface area contributed by atoms with E-state index in [9.17, 15) is 0 Å². The number of ether oxygens (including phenoxy) is 2. The van der Waals surface area contributed by atoms with Crippen molar-refractivity contribution < 1.29 is 9.47 Å². The molecule has 5 heteroatoms. The number of aromatic nitrogens is 2. The molecule has 0 saturated heterocycles. The zero-order valence-electron chi connectivity index (χ0n) is 12.9. The van der Waals surface area contributed by atoms with Crippen LogP contribution in [0, 0.1) is 0 Å². The monoisotopic (exact) mass is 287 g/mol. The topological polar surface area (TPSA) is 56.3 Å². The van der Waals surface area contributed by atoms with Crippen LogP contribution in [0.3, 0.4) is 0 Å². The van der Waals surface area contributed by atoms with Crippen LogP contribution in [0.4, 0.5) is 5.82 Å². The molecule has 0 fully saturated rings. The molecule has 2 rings (SSSR count). The Morgan fingerprint density at radius 3 is 2.52 bits per heavy atom. The number of methoxy groups -OCH3 is 2. The van der Waals surface area contributed by atoms with Gasteiger partial charge in [-0.3, -0.25) is 0 Å². The largest absolute Gasteiger partial charge is 0.497 e. The van der Waals surface area contributed by atoms with Crippen molar-refractivity contribution in [1.82, 2.24) is 9.97 Å². The Morgan fingerprint density at radius 1 is 1.10 bits per heavy atom. The molecule has 1 heterocycles. The van der Waals surface area contributed by atoms with Crippen molar-refractivity contribution in [1.29, 1.82) is 0 Å². The maximum Gasteiger partial charge on any atom is 0.165 e. The average molecular weight is 287 g/mol. The summed E-state index contributed by atoms with van der Waals surface area (Å²) in [5.41, 5.74) is 1.84. The lowest BCUT2D eigenvalue weighted by molar-refractivity contribution is 0.404. The first-order valence-electron chi connectivity index (χ1n) is 7.00. The lowest BCUT2D eigenvalue weighted by atomic mass is 10.1. The standard InChI is InChI=1S/C16H21N3O2/c1-5-6-11-9-15(17-2)19-16(18-11)13-10-12(20-3)7-8-14(13)21-4/h7-10H,5-6H2,1-4H3,(H,17,18,19). The highest BCUT2D eigenvalue weighted by atomic mass is 16.5. The maximum absolute atomic E-state index is 5.42. The predicted molar refractivity (Wildman–Crippen MR) is 84.1 cm³/mol. The second-order valence-corrected chi connectivity index (χ2v) is 4.63. The van der Waals surface area contributed by atoms with Gasteiger partial charge in [0.25, 0.3) is 0 Å². The molecule has 0 aliphatic rings. The number of nitrogens with one attached hydrogen (secondary N) is 1. The second-order valence-electron chi connectivity index (χ2n) is 4.63. The van der Waals surface area contributed by atoms with Gasteiger partial charge in [-0.1, -0.05) is 13.3 Å². The van der Waals surface area contributed by atoms with Crippen LogP contribution in [0.2, 0.25) is 0 Å². The molecule has 5 nitrogen and oxygen atoms in total. The van der Waals surface area contributed by atoms with Crippen molar-refractivity contribution in [2.24, 2.45) is 0 Å². The van der Waals surface area contributed by atoms with Crippen molar-refractivity contribution in [2.45, 2.75) is 19.8 Å². The van der Waals surface area contributed by atoms with Gasteiger partial charge in [0.15, 0.2) is 5.82 Å². The first kappa shape index (κ1) is 15.1. The van der Waals surface area contributed by atoms with Crippen LogP contribution in [-0.4, -0.2) is 31.2 Å². The van der Waals surface area contributed by atoms with Gasteiger partial charge in [0.05, 0.1) is 19.8 Å². The fourth-order valence-corrected chi connectivity index (χ4v) is 2.12. The Hall–Kier alpha value is -2.30. The summed E-state index contributed by atoms with van der Waals surface area (Å²) >= 11 is 0. The third-order valence-electron chi connectivity index (χ3n) is 3.19. The van der Waals surface area contributed by atoms with Crippen molar-refractivity contribution in [3.05, 3.63) is 30.0 Å². The van der Waals surface area contributed by atoms with E-state index in [2.05, 4.69) is 22.2 Å². The van der Waals surface area contributed by atoms with E-state index in [1.807, 2.05) is 31.3 Å². The molecule has 1 aromatic heterocycles. The highest BCUT2D eigenvalue weighted by molar-refractivity contribution is 5.67. The molecule has 112 valence electrons. The van der Waals surface area contributed by atoms with E-state index < -0.39 is 0 Å². The molecule has 0 unspecified atom stereocenters. The van der Waals surface area contributed by atoms with E-state index in [0.717, 1.165) is 41.4 Å². The summed E-state index contributed by atoms with van der Waals surface area (Å²) in [5, 5.41) is 3.08. The molecule has 0 saturated carbocycles. The number of hydrogen-bond donors (Lipinski definition) is 1. The van der Waals surface area contributed by atoms with Crippen molar-refractivity contribution in [3.8, 4) is 22.9 Å². The van der Waals surface area contributed by atoms with Gasteiger partial charge in [-0.05, 0) is 24.6 Å². The quantitative estimate of drug-likeness (QED) is 0.884. The Kier molecular flexibility index (Phi) is 4.98. The first-order chi connectivity index (χ1) is 10.2. The SMILES string of the molecule is CCCc1cc(NC)nc(-c2cc(OC)ccc2OC)n1. The summed E-state index contributed by atoms with van der Waals surface area (Å²) in [6, 6.07) is 7.59. The van der Waals surface area contributed by atoms with Gasteiger partial charge in [0.1, 0.15) is 17.3 Å². The highest BCUT2D eigenvalue weighted by Crippen LogP contribution is 2.32. The fraction of sp³-hybridized carbons (Fsp3) is 0.375. The summed E-state index contributed by atoms with van der Waals surface area (Å²) in [6.45, 7) is 2.13. The normalized spacial score (nSPS) is 10.3. The lowest BCUT2D eigenvalue weighted by Crippen LogP contribution is -2.02. The fourth-order valence-electron chi connectivity index (χ4n) is 2.12. The smallest absolute Gasteiger partial charge is 0.165 e. The minimum Gasteiger partial charge on any atom is -0.497 e. The number of aryl methyl sites for hydroxylation is 1. The molecule has 0 aliphatic carbocycles. The Balaban J connectivity index is 2.56. The zero-order valence-corrected chi connectivity index (χ0v) is 12.9. The number of anilines is 1. The maximum atomic E-state index is 5.42. The summed E-state index contributed by atoms with van der Waals surface area (Å²) < 4.78 is 10.7. The zero-order chi connectivity index (χ0) is 15.2. The molecule has 0 radical (unpaired) electrons. The van der Waals surface area contributed by atoms with Gasteiger partial charge in [-0.2, -0.15) is 0 Å². The summed E-state index contributed by atoms with van der Waals surface area (Å²) in [6.07, 6.45) is 1.95. The van der Waals surface area contributed by atoms with Gasteiger partial charge in [-0.15, -0.1) is 0 Å². The van der Waals surface area contributed by atoms with Gasteiger partial charge >= 0.3 is 0 Å². The first-order valence-corrected chi connectivity index (χ1v) is 7.00. The van der Waals surface area contributed by atoms with Crippen molar-refractivity contribution >= 4 is 5.82 Å². The van der Waals surface area contributed by atoms with Gasteiger partial charge in [0, 0.05) is 18.8 Å². The van der Waals surface area contributed by atoms with Crippen molar-refractivity contribution in [2.75, 3.05) is 26.6 Å². The molecule has 1 aromatic carbocycles. The van der Waals surface area contributed by atoms with Crippen LogP contribution in [0.1, 0.15) is 19.0 Å². The highest BCUT2D eigenvalue weighted by Gasteiger charge is 2.12. The summed E-state index contributed by atoms with van der Waals surface area (Å²) in [4.78, 5) is 9.17. The summed E-state index contributed by atoms with van der Waals surface area (Å²) in [5.74, 6) is 2.92. The van der Waals surface area contributed by atoms with Gasteiger partial charge in [0.2, 0.25) is 0 Å². The molecular weight excluding hydrogens is 266 g/mol. The molecular formula is C16H21N3O2. The van der Waals surface area contributed by atoms with E-state index in [-0.39, 0.29) is 0 Å². The number of benzene rings is 1. The number of hydrogen-bond acceptors (Lipinski definition) is 5.